The highest BCUT2D eigenvalue weighted by atomic mass is 35.5. The van der Waals surface area contributed by atoms with Gasteiger partial charge in [0.2, 0.25) is 0 Å². The number of hydrogen-bond donors (Lipinski definition) is 0. The van der Waals surface area contributed by atoms with E-state index in [4.69, 9.17) is 31.0 Å². The van der Waals surface area contributed by atoms with Gasteiger partial charge >= 0.3 is 6.01 Å². The lowest BCUT2D eigenvalue weighted by Gasteiger charge is -2.42. The number of methoxy groups -OCH3 is 1. The normalized spacial score (nSPS) is 22.9. The summed E-state index contributed by atoms with van der Waals surface area (Å²) in [5.74, 6) is -1.26. The van der Waals surface area contributed by atoms with Gasteiger partial charge in [-0.05, 0) is 51.6 Å². The first kappa shape index (κ1) is 33.8. The number of amides is 1. The lowest BCUT2D eigenvalue weighted by molar-refractivity contribution is -0.131. The third-order valence-electron chi connectivity index (χ3n) is 10.3. The average Bonchev–Trinajstić information content (AvgIpc) is 3.36. The number of fused-ring (bicyclic) bond motifs is 2. The van der Waals surface area contributed by atoms with Crippen LogP contribution in [0, 0.1) is 23.1 Å². The second-order valence-corrected chi connectivity index (χ2v) is 13.4. The number of rotatable bonds is 9. The van der Waals surface area contributed by atoms with Crippen LogP contribution in [0.25, 0.3) is 10.8 Å². The second-order valence-electron chi connectivity index (χ2n) is 13.0. The summed E-state index contributed by atoms with van der Waals surface area (Å²) in [5.41, 5.74) is 2.20. The standard InChI is InChI=1S/C35H40ClF2N7O3/c1-22(37)33(46)45-17-16-44(18-24(45)10-13-39)32-26-12-15-43(30-9-8-28(38)25-6-5-7-27(36)31(25)30)19-29(26)40-34(41-32)48-21-35(2)23(20-47-4)11-14-42(35)3/h5-9,23-24H,1,10-12,14-21H2,2-4H3/t23-,24+,35?/m1/s1. The van der Waals surface area contributed by atoms with Gasteiger partial charge in [-0.3, -0.25) is 9.69 Å². The molecule has 10 nitrogen and oxygen atoms in total. The smallest absolute Gasteiger partial charge is 0.318 e. The van der Waals surface area contributed by atoms with Gasteiger partial charge in [-0.25, -0.2) is 8.78 Å². The summed E-state index contributed by atoms with van der Waals surface area (Å²) in [5, 5.41) is 11.1. The summed E-state index contributed by atoms with van der Waals surface area (Å²) in [4.78, 5) is 30.3. The average molecular weight is 680 g/mol. The summed E-state index contributed by atoms with van der Waals surface area (Å²) in [6.45, 7) is 9.07. The first-order valence-electron chi connectivity index (χ1n) is 16.2. The molecule has 254 valence electrons. The van der Waals surface area contributed by atoms with E-state index >= 15 is 0 Å². The predicted octanol–water partition coefficient (Wildman–Crippen LogP) is 5.13. The number of ether oxygens (including phenoxy) is 2. The first-order valence-corrected chi connectivity index (χ1v) is 16.5. The van der Waals surface area contributed by atoms with Gasteiger partial charge in [-0.1, -0.05) is 30.3 Å². The maximum absolute atomic E-state index is 14.8. The molecule has 2 fully saturated rings. The van der Waals surface area contributed by atoms with Gasteiger partial charge in [0, 0.05) is 61.2 Å². The summed E-state index contributed by atoms with van der Waals surface area (Å²) in [6.07, 6.45) is 1.59. The zero-order chi connectivity index (χ0) is 34.2. The van der Waals surface area contributed by atoms with Crippen molar-refractivity contribution in [1.29, 1.82) is 5.26 Å². The lowest BCUT2D eigenvalue weighted by Crippen LogP contribution is -2.55. The van der Waals surface area contributed by atoms with Crippen LogP contribution in [0.4, 0.5) is 20.3 Å². The number of carbonyl (C=O) groups is 1. The fourth-order valence-corrected chi connectivity index (χ4v) is 7.65. The summed E-state index contributed by atoms with van der Waals surface area (Å²) in [7, 11) is 3.79. The molecular formula is C35H40ClF2N7O3. The number of likely N-dealkylation sites (N-methyl/N-ethyl adjacent to an activating group) is 1. The molecule has 0 spiro atoms. The molecule has 3 aromatic rings. The second kappa shape index (κ2) is 13.8. The molecule has 48 heavy (non-hydrogen) atoms. The van der Waals surface area contributed by atoms with Crippen LogP contribution in [-0.2, 0) is 22.5 Å². The highest BCUT2D eigenvalue weighted by Crippen LogP contribution is 2.39. The number of benzene rings is 2. The number of carbonyl (C=O) groups excluding carboxylic acids is 1. The molecule has 3 aliphatic heterocycles. The van der Waals surface area contributed by atoms with E-state index in [1.807, 2.05) is 4.90 Å². The van der Waals surface area contributed by atoms with E-state index in [0.29, 0.717) is 60.9 Å². The molecule has 6 rings (SSSR count). The van der Waals surface area contributed by atoms with Crippen LogP contribution in [0.1, 0.15) is 31.0 Å². The Morgan fingerprint density at radius 3 is 2.75 bits per heavy atom. The number of anilines is 2. The third-order valence-corrected chi connectivity index (χ3v) is 10.6. The molecule has 0 radical (unpaired) electrons. The molecule has 3 aliphatic rings. The minimum atomic E-state index is -1.05. The van der Waals surface area contributed by atoms with Crippen molar-refractivity contribution >= 4 is 39.8 Å². The highest BCUT2D eigenvalue weighted by Gasteiger charge is 2.44. The number of hydrogen-bond acceptors (Lipinski definition) is 9. The highest BCUT2D eigenvalue weighted by molar-refractivity contribution is 6.36. The maximum Gasteiger partial charge on any atom is 0.318 e. The van der Waals surface area contributed by atoms with Crippen LogP contribution in [0.3, 0.4) is 0 Å². The Morgan fingerprint density at radius 1 is 1.19 bits per heavy atom. The molecule has 1 amide bonds. The van der Waals surface area contributed by atoms with Gasteiger partial charge in [0.25, 0.3) is 5.91 Å². The molecule has 2 aromatic carbocycles. The topological polar surface area (TPSA) is 98.1 Å². The molecule has 2 saturated heterocycles. The van der Waals surface area contributed by atoms with Crippen LogP contribution in [-0.4, -0.2) is 97.4 Å². The number of aromatic nitrogens is 2. The zero-order valence-corrected chi connectivity index (χ0v) is 28.3. The van der Waals surface area contributed by atoms with Crippen molar-refractivity contribution in [3.05, 3.63) is 64.8 Å². The maximum atomic E-state index is 14.8. The molecule has 0 saturated carbocycles. The van der Waals surface area contributed by atoms with Crippen molar-refractivity contribution in [3.8, 4) is 12.1 Å². The Bertz CT molecular complexity index is 1770. The Balaban J connectivity index is 1.36. The predicted molar refractivity (Wildman–Crippen MR) is 180 cm³/mol. The molecule has 1 unspecified atom stereocenters. The third kappa shape index (κ3) is 6.27. The van der Waals surface area contributed by atoms with E-state index in [-0.39, 0.29) is 42.8 Å². The Hall–Kier alpha value is -4.05. The van der Waals surface area contributed by atoms with E-state index in [2.05, 4.69) is 36.4 Å². The number of piperazine rings is 1. The van der Waals surface area contributed by atoms with E-state index < -0.39 is 17.8 Å². The van der Waals surface area contributed by atoms with E-state index in [0.717, 1.165) is 29.9 Å². The van der Waals surface area contributed by atoms with Crippen molar-refractivity contribution in [2.45, 2.75) is 44.3 Å². The molecule has 4 heterocycles. The van der Waals surface area contributed by atoms with Gasteiger partial charge in [0.15, 0.2) is 5.83 Å². The fraction of sp³-hybridized carbons (Fsp3) is 0.486. The largest absolute Gasteiger partial charge is 0.461 e. The van der Waals surface area contributed by atoms with Gasteiger partial charge < -0.3 is 24.2 Å². The summed E-state index contributed by atoms with van der Waals surface area (Å²) < 4.78 is 40.7. The van der Waals surface area contributed by atoms with Crippen molar-refractivity contribution in [2.75, 3.05) is 69.9 Å². The zero-order valence-electron chi connectivity index (χ0n) is 27.5. The van der Waals surface area contributed by atoms with Gasteiger partial charge in [0.1, 0.15) is 18.2 Å². The lowest BCUT2D eigenvalue weighted by atomic mass is 9.88. The van der Waals surface area contributed by atoms with Crippen molar-refractivity contribution in [3.63, 3.8) is 0 Å². The number of likely N-dealkylation sites (tertiary alicyclic amines) is 1. The Morgan fingerprint density at radius 2 is 2.00 bits per heavy atom. The Kier molecular flexibility index (Phi) is 9.74. The van der Waals surface area contributed by atoms with Crippen molar-refractivity contribution in [2.24, 2.45) is 5.92 Å². The SMILES string of the molecule is C=C(F)C(=O)N1CCN(c2nc(OCC3(C)[C@@H](COC)CCN3C)nc3c2CCN(c2ccc(F)c4cccc(Cl)c24)C3)C[C@@H]1CC#N. The molecule has 1 aromatic heterocycles. The minimum Gasteiger partial charge on any atom is -0.461 e. The molecule has 3 atom stereocenters. The molecule has 13 heteroatoms. The van der Waals surface area contributed by atoms with E-state index in [1.54, 1.807) is 31.4 Å². The number of halogens is 3. The van der Waals surface area contributed by atoms with Gasteiger partial charge in [-0.15, -0.1) is 0 Å². The van der Waals surface area contributed by atoms with Gasteiger partial charge in [0.05, 0.1) is 47.9 Å². The molecule has 0 aliphatic carbocycles. The van der Waals surface area contributed by atoms with Crippen molar-refractivity contribution in [1.82, 2.24) is 19.8 Å². The monoisotopic (exact) mass is 679 g/mol. The van der Waals surface area contributed by atoms with Crippen LogP contribution in [0.2, 0.25) is 5.02 Å². The quantitative estimate of drug-likeness (QED) is 0.285. The van der Waals surface area contributed by atoms with Gasteiger partial charge in [-0.2, -0.15) is 15.2 Å². The van der Waals surface area contributed by atoms with Crippen LogP contribution >= 0.6 is 11.6 Å². The number of nitriles is 1. The first-order chi connectivity index (χ1) is 23.0. The summed E-state index contributed by atoms with van der Waals surface area (Å²) >= 11 is 6.62. The molecule has 0 N–H and O–H groups in total. The van der Waals surface area contributed by atoms with E-state index in [1.165, 1.54) is 11.0 Å². The number of nitrogens with zero attached hydrogens (tertiary/aromatic N) is 7. The van der Waals surface area contributed by atoms with Crippen LogP contribution in [0.5, 0.6) is 6.01 Å². The van der Waals surface area contributed by atoms with Crippen molar-refractivity contribution < 1.29 is 23.0 Å². The molecule has 0 bridgehead atoms. The fourth-order valence-electron chi connectivity index (χ4n) is 7.37. The molecular weight excluding hydrogens is 640 g/mol. The van der Waals surface area contributed by atoms with Crippen LogP contribution < -0.4 is 14.5 Å². The summed E-state index contributed by atoms with van der Waals surface area (Å²) in [6, 6.07) is 10.2. The Labute approximate surface area is 284 Å². The minimum absolute atomic E-state index is 0.0317. The van der Waals surface area contributed by atoms with E-state index in [9.17, 15) is 18.8 Å². The van der Waals surface area contributed by atoms with Crippen LogP contribution in [0.15, 0.2) is 42.7 Å².